The molecule has 2 heterocycles. The smallest absolute Gasteiger partial charge is 0.263 e. The number of nitrogens with one attached hydrogen (secondary N) is 1. The van der Waals surface area contributed by atoms with Gasteiger partial charge in [0.15, 0.2) is 0 Å². The normalized spacial score (nSPS) is 35.2. The maximum Gasteiger partial charge on any atom is 0.263 e. The molecule has 1 aromatic rings. The molecule has 2 saturated carbocycles. The fourth-order valence-corrected chi connectivity index (χ4v) is 9.38. The van der Waals surface area contributed by atoms with Gasteiger partial charge in [0.25, 0.3) is 5.91 Å². The minimum atomic E-state index is -3.75. The van der Waals surface area contributed by atoms with Crippen LogP contribution in [0.4, 0.5) is 5.69 Å². The number of sulfonamides is 1. The van der Waals surface area contributed by atoms with Crippen LogP contribution < -0.4 is 5.32 Å². The molecule has 1 N–H and O–H groups in total. The summed E-state index contributed by atoms with van der Waals surface area (Å²) in [4.78, 5) is 26.6. The summed E-state index contributed by atoms with van der Waals surface area (Å²) in [6.07, 6.45) is 4.39. The minimum absolute atomic E-state index is 0.0217. The van der Waals surface area contributed by atoms with E-state index >= 15 is 0 Å². The summed E-state index contributed by atoms with van der Waals surface area (Å²) >= 11 is 5.89. The highest BCUT2D eigenvalue weighted by Gasteiger charge is 2.73. The van der Waals surface area contributed by atoms with Crippen LogP contribution in [0.1, 0.15) is 46.5 Å². The van der Waals surface area contributed by atoms with Crippen molar-refractivity contribution in [3.05, 3.63) is 29.3 Å². The van der Waals surface area contributed by atoms with Crippen molar-refractivity contribution < 1.29 is 18.0 Å². The van der Waals surface area contributed by atoms with Gasteiger partial charge in [-0.1, -0.05) is 25.4 Å². The van der Waals surface area contributed by atoms with Gasteiger partial charge in [0.2, 0.25) is 15.9 Å². The molecule has 1 saturated heterocycles. The second kappa shape index (κ2) is 7.18. The highest BCUT2D eigenvalue weighted by atomic mass is 35.5. The number of halogens is 1. The van der Waals surface area contributed by atoms with Gasteiger partial charge in [0.05, 0.1) is 11.8 Å². The van der Waals surface area contributed by atoms with E-state index in [4.69, 9.17) is 11.6 Å². The Morgan fingerprint density at radius 2 is 1.91 bits per heavy atom. The highest BCUT2D eigenvalue weighted by Crippen LogP contribution is 2.70. The summed E-state index contributed by atoms with van der Waals surface area (Å²) < 4.78 is 27.9. The van der Waals surface area contributed by atoms with Crippen molar-refractivity contribution in [3.8, 4) is 0 Å². The zero-order chi connectivity index (χ0) is 23.8. The second-order valence-corrected chi connectivity index (χ2v) is 12.9. The van der Waals surface area contributed by atoms with Crippen molar-refractivity contribution in [2.45, 2.75) is 58.0 Å². The maximum atomic E-state index is 13.9. The topological polar surface area (TPSA) is 99.2 Å². The van der Waals surface area contributed by atoms with Crippen molar-refractivity contribution in [1.29, 1.82) is 0 Å². The molecule has 4 atom stereocenters. The molecular formula is C23H29ClN4O4S. The van der Waals surface area contributed by atoms with Crippen molar-refractivity contribution in [2.75, 3.05) is 17.6 Å². The van der Waals surface area contributed by atoms with Crippen LogP contribution >= 0.6 is 11.6 Å². The van der Waals surface area contributed by atoms with Crippen molar-refractivity contribution in [2.24, 2.45) is 21.8 Å². The molecule has 1 aromatic carbocycles. The lowest BCUT2D eigenvalue weighted by Crippen LogP contribution is -2.58. The molecule has 33 heavy (non-hydrogen) atoms. The first-order valence-electron chi connectivity index (χ1n) is 11.3. The van der Waals surface area contributed by atoms with Gasteiger partial charge in [-0.2, -0.15) is 5.10 Å². The van der Waals surface area contributed by atoms with E-state index in [-0.39, 0.29) is 36.1 Å². The van der Waals surface area contributed by atoms with Gasteiger partial charge in [0.1, 0.15) is 12.1 Å². The third-order valence-corrected chi connectivity index (χ3v) is 10.9. The Balaban J connectivity index is 1.37. The van der Waals surface area contributed by atoms with Crippen LogP contribution in [0, 0.1) is 16.7 Å². The number of amides is 2. The minimum Gasteiger partial charge on any atom is -0.324 e. The summed E-state index contributed by atoms with van der Waals surface area (Å²) in [5.74, 6) is -0.391. The van der Waals surface area contributed by atoms with Gasteiger partial charge in [-0.05, 0) is 61.8 Å². The first-order valence-corrected chi connectivity index (χ1v) is 13.3. The number of hydrogen-bond donors (Lipinski definition) is 1. The van der Waals surface area contributed by atoms with E-state index < -0.39 is 26.9 Å². The second-order valence-electron chi connectivity index (χ2n) is 10.6. The molecule has 2 aliphatic carbocycles. The van der Waals surface area contributed by atoms with Gasteiger partial charge in [-0.3, -0.25) is 14.6 Å². The third kappa shape index (κ3) is 3.15. The van der Waals surface area contributed by atoms with Gasteiger partial charge in [-0.15, -0.1) is 0 Å². The van der Waals surface area contributed by atoms with Crippen LogP contribution in [0.15, 0.2) is 29.4 Å². The Morgan fingerprint density at radius 3 is 2.58 bits per heavy atom. The number of hydrazone groups is 1. The number of carbonyl (C=O) groups excluding carboxylic acids is 2. The highest BCUT2D eigenvalue weighted by molar-refractivity contribution is 7.90. The lowest BCUT2D eigenvalue weighted by atomic mass is 9.69. The van der Waals surface area contributed by atoms with E-state index in [2.05, 4.69) is 24.3 Å². The van der Waals surface area contributed by atoms with Crippen molar-refractivity contribution in [3.63, 3.8) is 0 Å². The molecule has 178 valence electrons. The molecule has 2 amide bonds. The van der Waals surface area contributed by atoms with E-state index in [1.165, 1.54) is 9.31 Å². The zero-order valence-electron chi connectivity index (χ0n) is 19.0. The first kappa shape index (κ1) is 22.7. The van der Waals surface area contributed by atoms with E-state index in [0.717, 1.165) is 12.8 Å². The number of rotatable bonds is 4. The zero-order valence-corrected chi connectivity index (χ0v) is 20.6. The average Bonchev–Trinajstić information content (AvgIpc) is 3.36. The van der Waals surface area contributed by atoms with Crippen molar-refractivity contribution in [1.82, 2.24) is 9.31 Å². The quantitative estimate of drug-likeness (QED) is 0.696. The fraction of sp³-hybridized carbons (Fsp3) is 0.609. The molecule has 1 spiro atoms. The Morgan fingerprint density at radius 1 is 1.21 bits per heavy atom. The van der Waals surface area contributed by atoms with Crippen LogP contribution in [0.3, 0.4) is 0 Å². The predicted molar refractivity (Wildman–Crippen MR) is 126 cm³/mol. The molecule has 10 heteroatoms. The number of nitrogens with zero attached hydrogens (tertiary/aromatic N) is 3. The van der Waals surface area contributed by atoms with Gasteiger partial charge < -0.3 is 5.32 Å². The lowest BCUT2D eigenvalue weighted by molar-refractivity contribution is -0.141. The van der Waals surface area contributed by atoms with Gasteiger partial charge in [0, 0.05) is 28.8 Å². The number of carbonyl (C=O) groups is 2. The first-order chi connectivity index (χ1) is 15.4. The average molecular weight is 493 g/mol. The summed E-state index contributed by atoms with van der Waals surface area (Å²) in [6.45, 7) is 5.82. The SMILES string of the molecule is CC1(C)[C@@H]2CC[C@]13CS(=O)(=O)N(C(=O)[C@@]1(C)CC=NN1CC(=O)Nc1ccc(Cl)cc1)[C@@H]3C2. The molecular weight excluding hydrogens is 464 g/mol. The van der Waals surface area contributed by atoms with Crippen LogP contribution in [-0.2, 0) is 19.6 Å². The van der Waals surface area contributed by atoms with Crippen LogP contribution in [0.2, 0.25) is 5.02 Å². The molecule has 0 aromatic heterocycles. The van der Waals surface area contributed by atoms with E-state index in [1.807, 2.05) is 0 Å². The Labute approximate surface area is 199 Å². The van der Waals surface area contributed by atoms with Gasteiger partial charge >= 0.3 is 0 Å². The molecule has 0 radical (unpaired) electrons. The summed E-state index contributed by atoms with van der Waals surface area (Å²) in [5.41, 5.74) is -1.17. The monoisotopic (exact) mass is 492 g/mol. The standard InChI is InChI=1S/C23H29ClN4O4S/c1-21(2)15-8-9-23(21)14-33(31,32)28(18(23)12-15)20(30)22(3)10-11-25-27(22)13-19(29)26-17-6-4-16(24)5-7-17/h4-7,11,15,18H,8-10,12-14H2,1-3H3,(H,26,29)/t15-,18-,22-,23-/m1/s1. The van der Waals surface area contributed by atoms with Crippen LogP contribution in [0.25, 0.3) is 0 Å². The molecule has 3 fully saturated rings. The van der Waals surface area contributed by atoms with Crippen molar-refractivity contribution >= 4 is 45.3 Å². The Hall–Kier alpha value is -2.13. The summed E-state index contributed by atoms with van der Waals surface area (Å²) in [6, 6.07) is 6.40. The van der Waals surface area contributed by atoms with Gasteiger partial charge in [-0.25, -0.2) is 12.7 Å². The molecule has 2 bridgehead atoms. The van der Waals surface area contributed by atoms with E-state index in [0.29, 0.717) is 23.0 Å². The molecule has 2 aliphatic heterocycles. The fourth-order valence-electron chi connectivity index (χ4n) is 6.63. The Bertz CT molecular complexity index is 1150. The van der Waals surface area contributed by atoms with Crippen LogP contribution in [0.5, 0.6) is 0 Å². The van der Waals surface area contributed by atoms with E-state index in [1.54, 1.807) is 37.4 Å². The van der Waals surface area contributed by atoms with E-state index in [9.17, 15) is 18.0 Å². The molecule has 0 unspecified atom stereocenters. The number of hydrogen-bond acceptors (Lipinski definition) is 6. The van der Waals surface area contributed by atoms with Crippen LogP contribution in [-0.4, -0.2) is 59.6 Å². The summed E-state index contributed by atoms with van der Waals surface area (Å²) in [7, 11) is -3.75. The predicted octanol–water partition coefficient (Wildman–Crippen LogP) is 3.10. The number of benzene rings is 1. The largest absolute Gasteiger partial charge is 0.324 e. The number of anilines is 1. The molecule has 4 aliphatic rings. The summed E-state index contributed by atoms with van der Waals surface area (Å²) in [5, 5.41) is 9.02. The lowest BCUT2D eigenvalue weighted by Gasteiger charge is -2.40. The third-order valence-electron chi connectivity index (χ3n) is 8.77. The Kier molecular flexibility index (Phi) is 4.93. The number of fused-ring (bicyclic) bond motifs is 1. The maximum absolute atomic E-state index is 13.9. The molecule has 5 rings (SSSR count). The molecule has 8 nitrogen and oxygen atoms in total.